The zero-order chi connectivity index (χ0) is 17.7. The second-order valence-corrected chi connectivity index (χ2v) is 4.57. The molecule has 3 nitrogen and oxygen atoms in total. The van der Waals surface area contributed by atoms with E-state index in [-0.39, 0.29) is 25.4 Å². The Labute approximate surface area is 129 Å². The number of benzene rings is 1. The number of alkyl halides is 6. The van der Waals surface area contributed by atoms with Crippen LogP contribution in [0.15, 0.2) is 18.2 Å². The molecule has 0 atom stereocenters. The quantitative estimate of drug-likeness (QED) is 0.580. The van der Waals surface area contributed by atoms with Crippen LogP contribution >= 0.6 is 0 Å². The van der Waals surface area contributed by atoms with Crippen molar-refractivity contribution in [1.29, 1.82) is 5.26 Å². The molecule has 0 radical (unpaired) electrons. The van der Waals surface area contributed by atoms with Crippen molar-refractivity contribution >= 4 is 5.69 Å². The van der Waals surface area contributed by atoms with Gasteiger partial charge >= 0.3 is 12.4 Å². The third-order valence-corrected chi connectivity index (χ3v) is 2.87. The first-order valence-electron chi connectivity index (χ1n) is 6.59. The van der Waals surface area contributed by atoms with Crippen LogP contribution in [0.1, 0.15) is 18.1 Å². The van der Waals surface area contributed by atoms with Gasteiger partial charge in [-0.05, 0) is 25.1 Å². The highest BCUT2D eigenvalue weighted by molar-refractivity contribution is 5.55. The molecule has 0 aliphatic carbocycles. The molecule has 1 aromatic rings. The lowest BCUT2D eigenvalue weighted by molar-refractivity contribution is -0.137. The van der Waals surface area contributed by atoms with Gasteiger partial charge in [0.2, 0.25) is 0 Å². The lowest BCUT2D eigenvalue weighted by atomic mass is 10.1. The number of hydrogen-bond donors (Lipinski definition) is 0. The summed E-state index contributed by atoms with van der Waals surface area (Å²) in [6.45, 7) is 0.229. The Balaban J connectivity index is 3.17. The molecule has 0 spiro atoms. The highest BCUT2D eigenvalue weighted by Crippen LogP contribution is 2.35. The fourth-order valence-electron chi connectivity index (χ4n) is 1.90. The largest absolute Gasteiger partial charge is 0.417 e. The molecular formula is C14H14F6N2O. The molecule has 0 amide bonds. The maximum atomic E-state index is 12.9. The summed E-state index contributed by atoms with van der Waals surface area (Å²) in [7, 11) is 0. The number of ether oxygens (including phenoxy) is 1. The molecule has 128 valence electrons. The number of anilines is 1. The Morgan fingerprint density at radius 2 is 1.83 bits per heavy atom. The van der Waals surface area contributed by atoms with Crippen LogP contribution in [0.25, 0.3) is 0 Å². The molecule has 1 aromatic carbocycles. The topological polar surface area (TPSA) is 36.3 Å². The summed E-state index contributed by atoms with van der Waals surface area (Å²) in [4.78, 5) is 0.742. The predicted molar refractivity (Wildman–Crippen MR) is 70.9 cm³/mol. The van der Waals surface area contributed by atoms with Crippen molar-refractivity contribution < 1.29 is 31.1 Å². The highest BCUT2D eigenvalue weighted by atomic mass is 19.4. The molecule has 1 rings (SSSR count). The van der Waals surface area contributed by atoms with Crippen LogP contribution in [0.4, 0.5) is 32.0 Å². The van der Waals surface area contributed by atoms with E-state index in [0.29, 0.717) is 6.07 Å². The van der Waals surface area contributed by atoms with E-state index in [1.54, 1.807) is 6.92 Å². The normalized spacial score (nSPS) is 12.1. The maximum Gasteiger partial charge on any atom is 0.417 e. The van der Waals surface area contributed by atoms with Gasteiger partial charge in [0.25, 0.3) is 0 Å². The van der Waals surface area contributed by atoms with E-state index in [4.69, 9.17) is 10.00 Å². The number of nitriles is 1. The van der Waals surface area contributed by atoms with E-state index in [1.165, 1.54) is 6.07 Å². The van der Waals surface area contributed by atoms with Crippen LogP contribution in [-0.2, 0) is 10.9 Å². The second kappa shape index (κ2) is 7.55. The third-order valence-electron chi connectivity index (χ3n) is 2.87. The van der Waals surface area contributed by atoms with E-state index in [9.17, 15) is 26.3 Å². The van der Waals surface area contributed by atoms with Crippen LogP contribution in [-0.4, -0.2) is 32.5 Å². The molecule has 0 aliphatic heterocycles. The van der Waals surface area contributed by atoms with Crippen molar-refractivity contribution in [2.45, 2.75) is 19.3 Å². The van der Waals surface area contributed by atoms with Gasteiger partial charge < -0.3 is 9.64 Å². The third kappa shape index (κ3) is 5.98. The first-order chi connectivity index (χ1) is 10.6. The van der Waals surface area contributed by atoms with Gasteiger partial charge in [0, 0.05) is 18.8 Å². The van der Waals surface area contributed by atoms with Crippen LogP contribution in [0.3, 0.4) is 0 Å². The molecule has 0 unspecified atom stereocenters. The van der Waals surface area contributed by atoms with E-state index >= 15 is 0 Å². The summed E-state index contributed by atoms with van der Waals surface area (Å²) in [5.41, 5.74) is -2.17. The summed E-state index contributed by atoms with van der Waals surface area (Å²) in [5.74, 6) is 0. The second-order valence-electron chi connectivity index (χ2n) is 4.57. The number of rotatable bonds is 6. The highest BCUT2D eigenvalue weighted by Gasteiger charge is 2.35. The Morgan fingerprint density at radius 1 is 1.17 bits per heavy atom. The summed E-state index contributed by atoms with van der Waals surface area (Å²) in [5, 5.41) is 8.71. The molecule has 9 heteroatoms. The molecule has 0 fully saturated rings. The minimum Gasteiger partial charge on any atom is -0.380 e. The van der Waals surface area contributed by atoms with Gasteiger partial charge in [-0.25, -0.2) is 0 Å². The summed E-state index contributed by atoms with van der Waals surface area (Å²) < 4.78 is 81.5. The van der Waals surface area contributed by atoms with Crippen molar-refractivity contribution in [3.8, 4) is 6.07 Å². The molecule has 0 bridgehead atoms. The van der Waals surface area contributed by atoms with Crippen molar-refractivity contribution in [2.24, 2.45) is 0 Å². The Hall–Kier alpha value is -1.95. The van der Waals surface area contributed by atoms with Gasteiger partial charge in [0.1, 0.15) is 6.54 Å². The van der Waals surface area contributed by atoms with Crippen LogP contribution in [0, 0.1) is 11.3 Å². The first kappa shape index (κ1) is 19.1. The Morgan fingerprint density at radius 3 is 2.30 bits per heavy atom. The monoisotopic (exact) mass is 340 g/mol. The lowest BCUT2D eigenvalue weighted by Crippen LogP contribution is -2.36. The fourth-order valence-corrected chi connectivity index (χ4v) is 1.90. The molecule has 0 N–H and O–H groups in total. The molecular weight excluding hydrogens is 326 g/mol. The fraction of sp³-hybridized carbons (Fsp3) is 0.500. The van der Waals surface area contributed by atoms with Gasteiger partial charge in [-0.15, -0.1) is 0 Å². The minimum absolute atomic E-state index is 0.0616. The number of nitrogens with zero attached hydrogens (tertiary/aromatic N) is 2. The molecule has 0 aromatic heterocycles. The Kier molecular flexibility index (Phi) is 6.27. The molecule has 0 heterocycles. The summed E-state index contributed by atoms with van der Waals surface area (Å²) >= 11 is 0. The van der Waals surface area contributed by atoms with Crippen LogP contribution in [0.2, 0.25) is 0 Å². The predicted octanol–water partition coefficient (Wildman–Crippen LogP) is 3.98. The van der Waals surface area contributed by atoms with Crippen LogP contribution < -0.4 is 4.90 Å². The van der Waals surface area contributed by atoms with Crippen molar-refractivity contribution in [3.05, 3.63) is 29.3 Å². The zero-order valence-corrected chi connectivity index (χ0v) is 12.1. The van der Waals surface area contributed by atoms with E-state index in [0.717, 1.165) is 17.0 Å². The number of hydrogen-bond acceptors (Lipinski definition) is 3. The first-order valence-corrected chi connectivity index (χ1v) is 6.59. The van der Waals surface area contributed by atoms with E-state index < -0.39 is 30.0 Å². The standard InChI is InChI=1S/C14H14F6N2O/c1-2-23-6-5-22(9-13(15,16)17)11-4-3-10(8-21)12(7-11)14(18,19)20/h3-4,7H,2,5-6,9H2,1H3. The zero-order valence-electron chi connectivity index (χ0n) is 12.1. The molecule has 0 saturated heterocycles. The molecule has 0 aliphatic rings. The van der Waals surface area contributed by atoms with Gasteiger partial charge in [-0.1, -0.05) is 0 Å². The number of halogens is 6. The van der Waals surface area contributed by atoms with Crippen molar-refractivity contribution in [3.63, 3.8) is 0 Å². The minimum atomic E-state index is -4.83. The van der Waals surface area contributed by atoms with E-state index in [2.05, 4.69) is 0 Å². The molecule has 0 saturated carbocycles. The summed E-state index contributed by atoms with van der Waals surface area (Å²) in [6, 6.07) is 3.86. The van der Waals surface area contributed by atoms with E-state index in [1.807, 2.05) is 0 Å². The van der Waals surface area contributed by atoms with Gasteiger partial charge in [-0.3, -0.25) is 0 Å². The lowest BCUT2D eigenvalue weighted by Gasteiger charge is -2.26. The van der Waals surface area contributed by atoms with Crippen LogP contribution in [0.5, 0.6) is 0 Å². The molecule has 23 heavy (non-hydrogen) atoms. The van der Waals surface area contributed by atoms with Gasteiger partial charge in [0.15, 0.2) is 0 Å². The average Bonchev–Trinajstić information content (AvgIpc) is 2.43. The smallest absolute Gasteiger partial charge is 0.380 e. The van der Waals surface area contributed by atoms with Crippen molar-refractivity contribution in [1.82, 2.24) is 0 Å². The summed E-state index contributed by atoms with van der Waals surface area (Å²) in [6.07, 6.45) is -9.41. The van der Waals surface area contributed by atoms with Gasteiger partial charge in [0.05, 0.1) is 23.8 Å². The average molecular weight is 340 g/mol. The van der Waals surface area contributed by atoms with Gasteiger partial charge in [-0.2, -0.15) is 31.6 Å². The Bertz CT molecular complexity index is 562. The maximum absolute atomic E-state index is 12.9. The van der Waals surface area contributed by atoms with Crippen molar-refractivity contribution in [2.75, 3.05) is 31.2 Å². The SMILES string of the molecule is CCOCCN(CC(F)(F)F)c1ccc(C#N)c(C(F)(F)F)c1.